The lowest BCUT2D eigenvalue weighted by Crippen LogP contribution is -2.58. The third kappa shape index (κ3) is 16.6. The maximum Gasteiger partial charge on any atom is 0.326 e. The highest BCUT2D eigenvalue weighted by atomic mass is 16.4. The number of amides is 4. The van der Waals surface area contributed by atoms with Crippen LogP contribution in [0.5, 0.6) is 5.75 Å². The topological polar surface area (TPSA) is 349 Å². The predicted molar refractivity (Wildman–Crippen MR) is 163 cm³/mol. The van der Waals surface area contributed by atoms with Crippen molar-refractivity contribution in [2.24, 2.45) is 5.73 Å². The number of aromatic hydroxyl groups is 1. The molecule has 4 amide bonds. The quantitative estimate of drug-likeness (QED) is 0.0575. The molecule has 0 spiro atoms. The number of rotatable bonds is 23. The van der Waals surface area contributed by atoms with Crippen LogP contribution in [0, 0.1) is 0 Å². The molecule has 0 radical (unpaired) electrons. The van der Waals surface area contributed by atoms with Crippen LogP contribution in [0.1, 0.15) is 56.9 Å². The van der Waals surface area contributed by atoms with Crippen molar-refractivity contribution in [2.45, 2.75) is 88.0 Å². The highest BCUT2D eigenvalue weighted by molar-refractivity contribution is 5.96. The van der Waals surface area contributed by atoms with Gasteiger partial charge in [-0.25, -0.2) is 4.79 Å². The Morgan fingerprint density at radius 1 is 0.510 bits per heavy atom. The van der Waals surface area contributed by atoms with E-state index >= 15 is 0 Å². The lowest BCUT2D eigenvalue weighted by atomic mass is 10.0. The van der Waals surface area contributed by atoms with Crippen molar-refractivity contribution in [3.63, 3.8) is 0 Å². The van der Waals surface area contributed by atoms with Gasteiger partial charge in [0.05, 0.1) is 6.04 Å². The van der Waals surface area contributed by atoms with Crippen LogP contribution in [0.15, 0.2) is 24.3 Å². The van der Waals surface area contributed by atoms with Gasteiger partial charge >= 0.3 is 29.8 Å². The van der Waals surface area contributed by atoms with Gasteiger partial charge in [-0.3, -0.25) is 38.4 Å². The van der Waals surface area contributed by atoms with E-state index in [0.717, 1.165) is 0 Å². The van der Waals surface area contributed by atoms with Crippen molar-refractivity contribution < 1.29 is 73.8 Å². The Morgan fingerprint density at radius 3 is 1.18 bits per heavy atom. The van der Waals surface area contributed by atoms with Crippen molar-refractivity contribution >= 4 is 53.5 Å². The molecule has 1 aromatic carbocycles. The minimum atomic E-state index is -1.75. The van der Waals surface area contributed by atoms with Gasteiger partial charge in [0.2, 0.25) is 23.6 Å². The molecule has 0 aliphatic carbocycles. The van der Waals surface area contributed by atoms with E-state index in [1.807, 2.05) is 0 Å². The number of carboxylic acids is 5. The predicted octanol–water partition coefficient (Wildman–Crippen LogP) is -2.25. The number of carbonyl (C=O) groups excluding carboxylic acids is 4. The van der Waals surface area contributed by atoms with E-state index in [9.17, 15) is 58.5 Å². The number of hydrogen-bond acceptors (Lipinski definition) is 11. The number of hydrogen-bond donors (Lipinski definition) is 11. The Hall–Kier alpha value is -5.79. The lowest BCUT2D eigenvalue weighted by molar-refractivity contribution is -0.143. The number of aliphatic carboxylic acids is 5. The Kier molecular flexibility index (Phi) is 17.2. The van der Waals surface area contributed by atoms with Gasteiger partial charge in [-0.15, -0.1) is 0 Å². The molecule has 49 heavy (non-hydrogen) atoms. The van der Waals surface area contributed by atoms with Crippen molar-refractivity contribution in [3.8, 4) is 5.75 Å². The number of nitrogens with one attached hydrogen (secondary N) is 4. The third-order valence-electron chi connectivity index (χ3n) is 6.84. The van der Waals surface area contributed by atoms with Crippen LogP contribution in [-0.4, -0.2) is 114 Å². The second-order valence-corrected chi connectivity index (χ2v) is 10.8. The molecule has 0 aromatic heterocycles. The van der Waals surface area contributed by atoms with E-state index in [0.29, 0.717) is 5.56 Å². The SMILES string of the molecule is NC(CCC(=O)O)C(=O)NC(CCC(=O)O)C(=O)NC(CCC(=O)O)C(=O)NC(CCC(=O)O)C(=O)NC(Cc1ccc(O)cc1)C(=O)O. The van der Waals surface area contributed by atoms with Gasteiger partial charge in [-0.05, 0) is 43.4 Å². The number of carboxylic acid groups (broad SMARTS) is 5. The highest BCUT2D eigenvalue weighted by Gasteiger charge is 2.32. The van der Waals surface area contributed by atoms with Gasteiger partial charge in [0.1, 0.15) is 29.9 Å². The summed E-state index contributed by atoms with van der Waals surface area (Å²) in [7, 11) is 0. The van der Waals surface area contributed by atoms with Crippen LogP contribution < -0.4 is 27.0 Å². The molecule has 5 atom stereocenters. The van der Waals surface area contributed by atoms with Gasteiger partial charge in [0.25, 0.3) is 0 Å². The molecular weight excluding hydrogens is 658 g/mol. The molecule has 20 heteroatoms. The largest absolute Gasteiger partial charge is 0.508 e. The standard InChI is InChI=1S/C29H39N5O15/c30-16(5-9-21(36)37)25(44)31-17(6-10-22(38)39)26(45)32-18(7-11-23(40)41)27(46)33-19(8-12-24(42)43)28(47)34-20(29(48)49)13-14-1-3-15(35)4-2-14/h1-4,16-20,35H,5-13,30H2,(H,31,44)(H,32,45)(H,33,46)(H,34,47)(H,36,37)(H,38,39)(H,40,41)(H,42,43)(H,48,49). The zero-order chi connectivity index (χ0) is 37.3. The fourth-order valence-corrected chi connectivity index (χ4v) is 4.18. The fourth-order valence-electron chi connectivity index (χ4n) is 4.18. The fraction of sp³-hybridized carbons (Fsp3) is 0.483. The first kappa shape index (κ1) is 41.2. The molecule has 1 aromatic rings. The van der Waals surface area contributed by atoms with Crippen LogP contribution >= 0.6 is 0 Å². The maximum absolute atomic E-state index is 13.3. The Labute approximate surface area is 278 Å². The molecule has 270 valence electrons. The number of phenols is 1. The molecule has 1 rings (SSSR count). The molecule has 0 heterocycles. The molecule has 0 aliphatic heterocycles. The molecule has 0 aliphatic rings. The van der Waals surface area contributed by atoms with Gasteiger partial charge in [0.15, 0.2) is 0 Å². The molecule has 0 saturated heterocycles. The molecule has 12 N–H and O–H groups in total. The summed E-state index contributed by atoms with van der Waals surface area (Å²) in [5, 5.41) is 64.1. The smallest absolute Gasteiger partial charge is 0.326 e. The van der Waals surface area contributed by atoms with E-state index in [1.54, 1.807) is 0 Å². The zero-order valence-electron chi connectivity index (χ0n) is 26.0. The minimum absolute atomic E-state index is 0.101. The average Bonchev–Trinajstić information content (AvgIpc) is 3.01. The van der Waals surface area contributed by atoms with Crippen molar-refractivity contribution in [2.75, 3.05) is 0 Å². The first-order chi connectivity index (χ1) is 22.9. The molecule has 0 fully saturated rings. The normalized spacial score (nSPS) is 13.7. The monoisotopic (exact) mass is 697 g/mol. The summed E-state index contributed by atoms with van der Waals surface area (Å²) >= 11 is 0. The first-order valence-electron chi connectivity index (χ1n) is 14.7. The number of phenolic OH excluding ortho intramolecular Hbond substituents is 1. The number of carbonyl (C=O) groups is 9. The lowest BCUT2D eigenvalue weighted by Gasteiger charge is -2.26. The van der Waals surface area contributed by atoms with E-state index in [-0.39, 0.29) is 18.6 Å². The first-order valence-corrected chi connectivity index (χ1v) is 14.7. The molecule has 0 saturated carbocycles. The van der Waals surface area contributed by atoms with Crippen molar-refractivity contribution in [3.05, 3.63) is 29.8 Å². The summed E-state index contributed by atoms with van der Waals surface area (Å²) in [5.74, 6) is -11.6. The summed E-state index contributed by atoms with van der Waals surface area (Å²) in [6.45, 7) is 0. The number of benzene rings is 1. The van der Waals surface area contributed by atoms with E-state index in [2.05, 4.69) is 21.3 Å². The zero-order valence-corrected chi connectivity index (χ0v) is 26.0. The van der Waals surface area contributed by atoms with Gasteiger partial charge in [0, 0.05) is 32.1 Å². The van der Waals surface area contributed by atoms with E-state index < -0.39 is 129 Å². The molecule has 5 unspecified atom stereocenters. The van der Waals surface area contributed by atoms with Crippen LogP contribution in [0.4, 0.5) is 0 Å². The third-order valence-corrected chi connectivity index (χ3v) is 6.84. The second-order valence-electron chi connectivity index (χ2n) is 10.8. The summed E-state index contributed by atoms with van der Waals surface area (Å²) in [4.78, 5) is 109. The van der Waals surface area contributed by atoms with Crippen molar-refractivity contribution in [1.29, 1.82) is 0 Å². The Bertz CT molecular complexity index is 1380. The summed E-state index contributed by atoms with van der Waals surface area (Å²) in [6.07, 6.45) is -4.89. The van der Waals surface area contributed by atoms with Gasteiger partial charge < -0.3 is 57.6 Å². The van der Waals surface area contributed by atoms with E-state index in [1.165, 1.54) is 24.3 Å². The summed E-state index contributed by atoms with van der Waals surface area (Å²) in [5.41, 5.74) is 6.05. The van der Waals surface area contributed by atoms with Gasteiger partial charge in [-0.2, -0.15) is 0 Å². The van der Waals surface area contributed by atoms with Crippen LogP contribution in [0.25, 0.3) is 0 Å². The Balaban J connectivity index is 3.23. The van der Waals surface area contributed by atoms with Crippen molar-refractivity contribution in [1.82, 2.24) is 21.3 Å². The summed E-state index contributed by atoms with van der Waals surface area (Å²) < 4.78 is 0. The van der Waals surface area contributed by atoms with Crippen LogP contribution in [0.2, 0.25) is 0 Å². The molecular formula is C29H39N5O15. The number of nitrogens with two attached hydrogens (primary N) is 1. The van der Waals surface area contributed by atoms with Gasteiger partial charge in [-0.1, -0.05) is 12.1 Å². The van der Waals surface area contributed by atoms with Crippen LogP contribution in [-0.2, 0) is 49.6 Å². The molecule has 0 bridgehead atoms. The van der Waals surface area contributed by atoms with Crippen LogP contribution in [0.3, 0.4) is 0 Å². The Morgan fingerprint density at radius 2 is 0.837 bits per heavy atom. The second kappa shape index (κ2) is 20.4. The highest BCUT2D eigenvalue weighted by Crippen LogP contribution is 2.12. The average molecular weight is 698 g/mol. The maximum atomic E-state index is 13.3. The van der Waals surface area contributed by atoms with E-state index in [4.69, 9.17) is 21.1 Å². The minimum Gasteiger partial charge on any atom is -0.508 e. The summed E-state index contributed by atoms with van der Waals surface area (Å²) in [6, 6.07) is -2.75. The molecule has 20 nitrogen and oxygen atoms in total.